The number of nitrogens with two attached hydrogens (primary N) is 1. The number of hydrogen-bond donors (Lipinski definition) is 3. The number of ether oxygens (including phenoxy) is 1. The molecule has 3 aliphatic rings. The molecule has 1 amide bonds. The number of piperazine rings is 1. The van der Waals surface area contributed by atoms with Gasteiger partial charge in [0.2, 0.25) is 15.9 Å². The van der Waals surface area contributed by atoms with Crippen molar-refractivity contribution in [1.29, 1.82) is 0 Å². The molecule has 11 heteroatoms. The summed E-state index contributed by atoms with van der Waals surface area (Å²) in [6.45, 7) is 1.92. The van der Waals surface area contributed by atoms with Gasteiger partial charge >= 0.3 is 0 Å². The second kappa shape index (κ2) is 11.8. The van der Waals surface area contributed by atoms with Gasteiger partial charge in [-0.1, -0.05) is 29.8 Å². The molecule has 3 heterocycles. The van der Waals surface area contributed by atoms with E-state index in [2.05, 4.69) is 10.6 Å². The van der Waals surface area contributed by atoms with Gasteiger partial charge in [0.25, 0.3) is 0 Å². The van der Waals surface area contributed by atoms with E-state index in [0.29, 0.717) is 68.3 Å². The molecule has 3 aliphatic heterocycles. The molecule has 3 saturated heterocycles. The van der Waals surface area contributed by atoms with Crippen LogP contribution in [0.3, 0.4) is 0 Å². The van der Waals surface area contributed by atoms with E-state index in [1.165, 1.54) is 6.07 Å². The molecule has 0 spiro atoms. The highest BCUT2D eigenvalue weighted by molar-refractivity contribution is 7.89. The minimum atomic E-state index is -3.35. The third-order valence-electron chi connectivity index (χ3n) is 8.55. The first kappa shape index (κ1) is 28.4. The highest BCUT2D eigenvalue weighted by atomic mass is 35.5. The highest BCUT2D eigenvalue weighted by Crippen LogP contribution is 2.38. The molecule has 8 nitrogen and oxygen atoms in total. The van der Waals surface area contributed by atoms with Gasteiger partial charge in [-0.25, -0.2) is 12.8 Å². The standard InChI is InChI=1S/C28H36ClFN4O4S/c29-20-8-6-19(7-9-20)28(12-14-38-15-13-28)26(31)27(35)33-25-5-1-4-24(30)23(25)11-10-22-17-32-21-3-2-16-39(36,37)34(22)18-21/h1,4-9,21-22,26,32H,2-3,10-18,31H2,(H,33,35)/t21?,22-,26+/m0/s1. The van der Waals surface area contributed by atoms with Crippen LogP contribution in [0.1, 0.15) is 43.2 Å². The summed E-state index contributed by atoms with van der Waals surface area (Å²) in [6, 6.07) is 10.9. The van der Waals surface area contributed by atoms with Gasteiger partial charge in [0.15, 0.2) is 0 Å². The minimum Gasteiger partial charge on any atom is -0.381 e. The lowest BCUT2D eigenvalue weighted by Crippen LogP contribution is -2.57. The molecule has 2 unspecified atom stereocenters. The fourth-order valence-electron chi connectivity index (χ4n) is 6.24. The summed E-state index contributed by atoms with van der Waals surface area (Å²) >= 11 is 6.10. The Bertz CT molecular complexity index is 1290. The number of benzene rings is 2. The minimum absolute atomic E-state index is 0.140. The van der Waals surface area contributed by atoms with Crippen LogP contribution in [0.25, 0.3) is 0 Å². The van der Waals surface area contributed by atoms with E-state index in [9.17, 15) is 13.2 Å². The maximum Gasteiger partial charge on any atom is 0.242 e. The van der Waals surface area contributed by atoms with E-state index in [0.717, 1.165) is 12.0 Å². The van der Waals surface area contributed by atoms with Crippen LogP contribution < -0.4 is 16.4 Å². The van der Waals surface area contributed by atoms with Crippen molar-refractivity contribution in [2.75, 3.05) is 37.4 Å². The van der Waals surface area contributed by atoms with Gasteiger partial charge in [-0.15, -0.1) is 0 Å². The van der Waals surface area contributed by atoms with Crippen LogP contribution in [-0.4, -0.2) is 68.8 Å². The fourth-order valence-corrected chi connectivity index (χ4v) is 8.18. The van der Waals surface area contributed by atoms with Gasteiger partial charge in [0.1, 0.15) is 5.82 Å². The third kappa shape index (κ3) is 6.01. The lowest BCUT2D eigenvalue weighted by molar-refractivity contribution is -0.120. The van der Waals surface area contributed by atoms with Crippen molar-refractivity contribution >= 4 is 33.2 Å². The predicted molar refractivity (Wildman–Crippen MR) is 150 cm³/mol. The molecule has 2 aromatic carbocycles. The van der Waals surface area contributed by atoms with Crippen LogP contribution in [0.5, 0.6) is 0 Å². The number of carbonyl (C=O) groups is 1. The van der Waals surface area contributed by atoms with Crippen LogP contribution in [0.15, 0.2) is 42.5 Å². The topological polar surface area (TPSA) is 114 Å². The molecular weight excluding hydrogens is 543 g/mol. The van der Waals surface area contributed by atoms with Gasteiger partial charge < -0.3 is 21.1 Å². The normalized spacial score (nSPS) is 26.8. The van der Waals surface area contributed by atoms with Gasteiger partial charge in [0, 0.05) is 60.1 Å². The van der Waals surface area contributed by atoms with Gasteiger partial charge in [-0.3, -0.25) is 4.79 Å². The molecule has 5 rings (SSSR count). The van der Waals surface area contributed by atoms with Crippen LogP contribution in [0.4, 0.5) is 10.1 Å². The zero-order chi connectivity index (χ0) is 27.6. The van der Waals surface area contributed by atoms with Gasteiger partial charge in [-0.2, -0.15) is 4.31 Å². The number of fused-ring (bicyclic) bond motifs is 2. The van der Waals surface area contributed by atoms with Gasteiger partial charge in [-0.05, 0) is 68.4 Å². The number of nitrogens with one attached hydrogen (secondary N) is 2. The van der Waals surface area contributed by atoms with Crippen molar-refractivity contribution < 1.29 is 22.3 Å². The molecule has 0 radical (unpaired) electrons. The first-order chi connectivity index (χ1) is 18.7. The summed E-state index contributed by atoms with van der Waals surface area (Å²) in [5, 5.41) is 6.94. The van der Waals surface area contributed by atoms with Crippen LogP contribution in [0.2, 0.25) is 5.02 Å². The lowest BCUT2D eigenvalue weighted by atomic mass is 9.68. The largest absolute Gasteiger partial charge is 0.381 e. The Labute approximate surface area is 234 Å². The van der Waals surface area contributed by atoms with Crippen molar-refractivity contribution in [3.8, 4) is 0 Å². The maximum absolute atomic E-state index is 15.1. The average Bonchev–Trinajstić information content (AvgIpc) is 3.04. The number of amides is 1. The average molecular weight is 579 g/mol. The molecule has 0 aromatic heterocycles. The van der Waals surface area contributed by atoms with Crippen LogP contribution in [-0.2, 0) is 31.4 Å². The number of halogens is 2. The SMILES string of the molecule is N[C@H](C(=O)Nc1cccc(F)c1CC[C@H]1CNC2CCCS(=O)(=O)N1C2)C1(c2ccc(Cl)cc2)CCOCC1. The summed E-state index contributed by atoms with van der Waals surface area (Å²) in [5.41, 5.74) is 7.62. The van der Waals surface area contributed by atoms with E-state index in [1.54, 1.807) is 28.6 Å². The maximum atomic E-state index is 15.1. The van der Waals surface area contributed by atoms with E-state index in [1.807, 2.05) is 12.1 Å². The Kier molecular flexibility index (Phi) is 8.61. The second-order valence-electron chi connectivity index (χ2n) is 10.8. The summed E-state index contributed by atoms with van der Waals surface area (Å²) in [7, 11) is -3.35. The van der Waals surface area contributed by atoms with Crippen molar-refractivity contribution in [3.05, 3.63) is 64.4 Å². The molecule has 2 bridgehead atoms. The van der Waals surface area contributed by atoms with E-state index in [-0.39, 0.29) is 24.3 Å². The summed E-state index contributed by atoms with van der Waals surface area (Å²) < 4.78 is 48.0. The number of rotatable bonds is 7. The quantitative estimate of drug-likeness (QED) is 0.465. The molecule has 4 atom stereocenters. The van der Waals surface area contributed by atoms with E-state index in [4.69, 9.17) is 22.1 Å². The molecule has 3 fully saturated rings. The fraction of sp³-hybridized carbons (Fsp3) is 0.536. The highest BCUT2D eigenvalue weighted by Gasteiger charge is 2.44. The smallest absolute Gasteiger partial charge is 0.242 e. The van der Waals surface area contributed by atoms with Gasteiger partial charge in [0.05, 0.1) is 11.8 Å². The molecule has 39 heavy (non-hydrogen) atoms. The third-order valence-corrected chi connectivity index (χ3v) is 10.8. The predicted octanol–water partition coefficient (Wildman–Crippen LogP) is 3.19. The Morgan fingerprint density at radius 2 is 1.97 bits per heavy atom. The molecule has 0 aliphatic carbocycles. The Hall–Kier alpha value is -2.08. The number of carbonyl (C=O) groups excluding carboxylic acids is 1. The number of nitrogens with zero attached hydrogens (tertiary/aromatic N) is 1. The number of anilines is 1. The van der Waals surface area contributed by atoms with E-state index < -0.39 is 33.2 Å². The Morgan fingerprint density at radius 1 is 1.23 bits per heavy atom. The lowest BCUT2D eigenvalue weighted by Gasteiger charge is -2.41. The van der Waals surface area contributed by atoms with Crippen LogP contribution in [0, 0.1) is 5.82 Å². The summed E-state index contributed by atoms with van der Waals surface area (Å²) in [6.07, 6.45) is 3.31. The number of hydrogen-bond acceptors (Lipinski definition) is 6. The summed E-state index contributed by atoms with van der Waals surface area (Å²) in [4.78, 5) is 13.6. The Morgan fingerprint density at radius 3 is 2.72 bits per heavy atom. The molecule has 212 valence electrons. The zero-order valence-electron chi connectivity index (χ0n) is 21.9. The molecule has 4 N–H and O–H groups in total. The first-order valence-electron chi connectivity index (χ1n) is 13.6. The number of sulfonamides is 1. The second-order valence-corrected chi connectivity index (χ2v) is 13.3. The molecule has 2 aromatic rings. The zero-order valence-corrected chi connectivity index (χ0v) is 23.4. The monoisotopic (exact) mass is 578 g/mol. The van der Waals surface area contributed by atoms with Crippen molar-refractivity contribution in [3.63, 3.8) is 0 Å². The van der Waals surface area contributed by atoms with Crippen LogP contribution >= 0.6 is 11.6 Å². The Balaban J connectivity index is 1.34. The van der Waals surface area contributed by atoms with Crippen molar-refractivity contribution in [2.24, 2.45) is 5.73 Å². The molecular formula is C28H36ClFN4O4S. The first-order valence-corrected chi connectivity index (χ1v) is 15.6. The van der Waals surface area contributed by atoms with E-state index >= 15 is 4.39 Å². The van der Waals surface area contributed by atoms with Crippen molar-refractivity contribution in [1.82, 2.24) is 9.62 Å². The summed E-state index contributed by atoms with van der Waals surface area (Å²) in [5.74, 6) is -0.711. The van der Waals surface area contributed by atoms with Crippen molar-refractivity contribution in [2.45, 2.75) is 62.1 Å². The molecule has 0 saturated carbocycles.